The summed E-state index contributed by atoms with van der Waals surface area (Å²) >= 11 is 0. The lowest BCUT2D eigenvalue weighted by Crippen LogP contribution is -2.03. The second kappa shape index (κ2) is 5.64. The lowest BCUT2D eigenvalue weighted by Gasteiger charge is -2.07. The van der Waals surface area contributed by atoms with E-state index in [0.29, 0.717) is 11.3 Å². The predicted octanol–water partition coefficient (Wildman–Crippen LogP) is 1.87. The van der Waals surface area contributed by atoms with Gasteiger partial charge in [0.1, 0.15) is 0 Å². The van der Waals surface area contributed by atoms with Crippen LogP contribution in [0.3, 0.4) is 0 Å². The van der Waals surface area contributed by atoms with Crippen LogP contribution >= 0.6 is 0 Å². The fraction of sp³-hybridized carbons (Fsp3) is 0.182. The van der Waals surface area contributed by atoms with Gasteiger partial charge in [-0.2, -0.15) is 0 Å². The Balaban J connectivity index is 2.99. The third-order valence-corrected chi connectivity index (χ3v) is 1.83. The van der Waals surface area contributed by atoms with Crippen LogP contribution in [0.1, 0.15) is 12.5 Å². The number of hydrogen-bond acceptors (Lipinski definition) is 5. The zero-order valence-electron chi connectivity index (χ0n) is 9.38. The standard InChI is InChI=1S/C11H11NO5/c1-8(13)17-10-4-3-9(5-6-12(14)15)7-11(10)16-2/h3-7H,1-2H3. The number of rotatable bonds is 4. The topological polar surface area (TPSA) is 78.7 Å². The van der Waals surface area contributed by atoms with E-state index in [0.717, 1.165) is 6.20 Å². The number of carbonyl (C=O) groups excluding carboxylic acids is 1. The van der Waals surface area contributed by atoms with E-state index in [9.17, 15) is 14.9 Å². The Morgan fingerprint density at radius 1 is 1.41 bits per heavy atom. The van der Waals surface area contributed by atoms with Crippen molar-refractivity contribution >= 4 is 12.0 Å². The molecule has 0 fully saturated rings. The smallest absolute Gasteiger partial charge is 0.308 e. The van der Waals surface area contributed by atoms with E-state index in [2.05, 4.69) is 0 Å². The summed E-state index contributed by atoms with van der Waals surface area (Å²) in [6, 6.07) is 4.64. The van der Waals surface area contributed by atoms with E-state index in [-0.39, 0.29) is 5.75 Å². The fourth-order valence-electron chi connectivity index (χ4n) is 1.17. The first-order valence-corrected chi connectivity index (χ1v) is 4.71. The van der Waals surface area contributed by atoms with Gasteiger partial charge in [-0.05, 0) is 17.7 Å². The molecule has 0 spiro atoms. The van der Waals surface area contributed by atoms with Crippen molar-refractivity contribution in [2.75, 3.05) is 7.11 Å². The highest BCUT2D eigenvalue weighted by molar-refractivity contribution is 5.71. The quantitative estimate of drug-likeness (QED) is 0.345. The Hall–Kier alpha value is -2.37. The third-order valence-electron chi connectivity index (χ3n) is 1.83. The molecule has 0 aliphatic carbocycles. The second-order valence-corrected chi connectivity index (χ2v) is 3.11. The molecule has 0 radical (unpaired) electrons. The van der Waals surface area contributed by atoms with E-state index >= 15 is 0 Å². The molecule has 0 N–H and O–H groups in total. The van der Waals surface area contributed by atoms with Crippen molar-refractivity contribution in [3.05, 3.63) is 40.1 Å². The fourth-order valence-corrected chi connectivity index (χ4v) is 1.17. The Morgan fingerprint density at radius 3 is 2.65 bits per heavy atom. The van der Waals surface area contributed by atoms with Crippen molar-refractivity contribution in [2.45, 2.75) is 6.92 Å². The summed E-state index contributed by atoms with van der Waals surface area (Å²) in [5, 5.41) is 10.2. The van der Waals surface area contributed by atoms with Gasteiger partial charge in [0.25, 0.3) is 0 Å². The lowest BCUT2D eigenvalue weighted by atomic mass is 10.2. The highest BCUT2D eigenvalue weighted by Gasteiger charge is 2.07. The zero-order valence-corrected chi connectivity index (χ0v) is 9.38. The van der Waals surface area contributed by atoms with E-state index in [1.165, 1.54) is 32.2 Å². The highest BCUT2D eigenvalue weighted by atomic mass is 16.6. The van der Waals surface area contributed by atoms with Gasteiger partial charge >= 0.3 is 5.97 Å². The Kier molecular flexibility index (Phi) is 4.21. The van der Waals surface area contributed by atoms with E-state index in [4.69, 9.17) is 9.47 Å². The van der Waals surface area contributed by atoms with Crippen LogP contribution < -0.4 is 9.47 Å². The molecule has 0 atom stereocenters. The summed E-state index contributed by atoms with van der Waals surface area (Å²) in [5.41, 5.74) is 0.578. The minimum absolute atomic E-state index is 0.276. The van der Waals surface area contributed by atoms with Gasteiger partial charge in [0.15, 0.2) is 11.5 Å². The molecule has 0 unspecified atom stereocenters. The van der Waals surface area contributed by atoms with Gasteiger partial charge < -0.3 is 9.47 Å². The average molecular weight is 237 g/mol. The molecule has 0 aliphatic rings. The van der Waals surface area contributed by atoms with E-state index in [1.54, 1.807) is 6.07 Å². The Morgan fingerprint density at radius 2 is 2.12 bits per heavy atom. The monoisotopic (exact) mass is 237 g/mol. The average Bonchev–Trinajstić information content (AvgIpc) is 2.26. The summed E-state index contributed by atoms with van der Waals surface area (Å²) in [6.45, 7) is 1.28. The zero-order chi connectivity index (χ0) is 12.8. The van der Waals surface area contributed by atoms with Crippen LogP contribution in [0.25, 0.3) is 6.08 Å². The first-order chi connectivity index (χ1) is 8.02. The molecular weight excluding hydrogens is 226 g/mol. The summed E-state index contributed by atoms with van der Waals surface area (Å²) in [4.78, 5) is 20.4. The van der Waals surface area contributed by atoms with Gasteiger partial charge in [0, 0.05) is 13.0 Å². The van der Waals surface area contributed by atoms with Crippen LogP contribution in [0, 0.1) is 10.1 Å². The number of ether oxygens (including phenoxy) is 2. The van der Waals surface area contributed by atoms with Crippen LogP contribution in [-0.4, -0.2) is 18.0 Å². The highest BCUT2D eigenvalue weighted by Crippen LogP contribution is 2.28. The number of nitrogens with zero attached hydrogens (tertiary/aromatic N) is 1. The van der Waals surface area contributed by atoms with E-state index < -0.39 is 10.9 Å². The predicted molar refractivity (Wildman–Crippen MR) is 60.3 cm³/mol. The van der Waals surface area contributed by atoms with Crippen molar-refractivity contribution in [3.63, 3.8) is 0 Å². The number of nitro groups is 1. The maximum Gasteiger partial charge on any atom is 0.308 e. The molecule has 1 rings (SSSR count). The maximum absolute atomic E-state index is 10.8. The molecule has 0 aliphatic heterocycles. The van der Waals surface area contributed by atoms with Gasteiger partial charge in [0.2, 0.25) is 6.20 Å². The van der Waals surface area contributed by atoms with Crippen LogP contribution in [-0.2, 0) is 4.79 Å². The molecule has 6 nitrogen and oxygen atoms in total. The molecule has 0 heterocycles. The Bertz CT molecular complexity index is 467. The summed E-state index contributed by atoms with van der Waals surface area (Å²) in [5.74, 6) is 0.154. The largest absolute Gasteiger partial charge is 0.493 e. The molecule has 0 bridgehead atoms. The molecule has 0 saturated heterocycles. The molecule has 0 saturated carbocycles. The number of esters is 1. The molecule has 1 aromatic carbocycles. The van der Waals surface area contributed by atoms with Gasteiger partial charge in [-0.25, -0.2) is 0 Å². The number of hydrogen-bond donors (Lipinski definition) is 0. The minimum Gasteiger partial charge on any atom is -0.493 e. The SMILES string of the molecule is COc1cc(C=C[N+](=O)[O-])ccc1OC(C)=O. The van der Waals surface area contributed by atoms with Crippen molar-refractivity contribution in [2.24, 2.45) is 0 Å². The third kappa shape index (κ3) is 3.94. The van der Waals surface area contributed by atoms with Crippen LogP contribution in [0.2, 0.25) is 0 Å². The normalized spacial score (nSPS) is 10.2. The van der Waals surface area contributed by atoms with Gasteiger partial charge in [-0.1, -0.05) is 6.07 Å². The van der Waals surface area contributed by atoms with Crippen LogP contribution in [0.4, 0.5) is 0 Å². The molecule has 1 aromatic rings. The number of carbonyl (C=O) groups is 1. The van der Waals surface area contributed by atoms with Gasteiger partial charge in [-0.15, -0.1) is 0 Å². The lowest BCUT2D eigenvalue weighted by molar-refractivity contribution is -0.400. The first kappa shape index (κ1) is 12.7. The van der Waals surface area contributed by atoms with Gasteiger partial charge in [0.05, 0.1) is 12.0 Å². The molecule has 90 valence electrons. The van der Waals surface area contributed by atoms with E-state index in [1.807, 2.05) is 0 Å². The molecule has 0 amide bonds. The van der Waals surface area contributed by atoms with Crippen molar-refractivity contribution in [1.29, 1.82) is 0 Å². The molecular formula is C11H11NO5. The van der Waals surface area contributed by atoms with Crippen LogP contribution in [0.15, 0.2) is 24.4 Å². The number of benzene rings is 1. The first-order valence-electron chi connectivity index (χ1n) is 4.71. The Labute approximate surface area is 97.6 Å². The summed E-state index contributed by atoms with van der Waals surface area (Å²) in [6.07, 6.45) is 2.14. The molecule has 0 aromatic heterocycles. The summed E-state index contributed by atoms with van der Waals surface area (Å²) < 4.78 is 9.91. The van der Waals surface area contributed by atoms with Gasteiger partial charge in [-0.3, -0.25) is 14.9 Å². The summed E-state index contributed by atoms with van der Waals surface area (Å²) in [7, 11) is 1.42. The molecule has 17 heavy (non-hydrogen) atoms. The van der Waals surface area contributed by atoms with Crippen molar-refractivity contribution in [3.8, 4) is 11.5 Å². The molecule has 6 heteroatoms. The second-order valence-electron chi connectivity index (χ2n) is 3.11. The van der Waals surface area contributed by atoms with Crippen molar-refractivity contribution < 1.29 is 19.2 Å². The van der Waals surface area contributed by atoms with Crippen LogP contribution in [0.5, 0.6) is 11.5 Å². The minimum atomic E-state index is -0.563. The maximum atomic E-state index is 10.8. The number of methoxy groups -OCH3 is 1. The van der Waals surface area contributed by atoms with Crippen molar-refractivity contribution in [1.82, 2.24) is 0 Å².